The van der Waals surface area contributed by atoms with Crippen LogP contribution < -0.4 is 5.32 Å². The Kier molecular flexibility index (Phi) is 4.57. The lowest BCUT2D eigenvalue weighted by molar-refractivity contribution is -0.118. The van der Waals surface area contributed by atoms with Crippen molar-refractivity contribution in [1.82, 2.24) is 0 Å². The molecule has 5 heteroatoms. The van der Waals surface area contributed by atoms with Crippen molar-refractivity contribution >= 4 is 11.6 Å². The van der Waals surface area contributed by atoms with Crippen LogP contribution in [0.25, 0.3) is 0 Å². The molecule has 0 bridgehead atoms. The summed E-state index contributed by atoms with van der Waals surface area (Å²) in [4.78, 5) is 11.4. The molecule has 2 N–H and O–H groups in total. The number of hydrogen-bond acceptors (Lipinski definition) is 2. The third-order valence-corrected chi connectivity index (χ3v) is 2.37. The van der Waals surface area contributed by atoms with Crippen molar-refractivity contribution in [1.29, 1.82) is 0 Å². The van der Waals surface area contributed by atoms with Crippen molar-refractivity contribution in [3.63, 3.8) is 0 Å². The first kappa shape index (κ1) is 13.6. The molecule has 0 saturated carbocycles. The van der Waals surface area contributed by atoms with E-state index in [2.05, 4.69) is 5.32 Å². The van der Waals surface area contributed by atoms with Gasteiger partial charge >= 0.3 is 0 Å². The van der Waals surface area contributed by atoms with Crippen LogP contribution in [0.2, 0.25) is 0 Å². The van der Waals surface area contributed by atoms with Crippen LogP contribution in [0.5, 0.6) is 0 Å². The van der Waals surface area contributed by atoms with E-state index in [0.29, 0.717) is 6.07 Å². The molecule has 0 saturated heterocycles. The first-order valence-corrected chi connectivity index (χ1v) is 5.33. The normalized spacial score (nSPS) is 12.6. The predicted octanol–water partition coefficient (Wildman–Crippen LogP) is 2.31. The fourth-order valence-electron chi connectivity index (χ4n) is 1.22. The molecule has 1 atom stereocenters. The van der Waals surface area contributed by atoms with Crippen molar-refractivity contribution in [2.45, 2.75) is 26.4 Å². The predicted molar refractivity (Wildman–Crippen MR) is 60.4 cm³/mol. The number of anilines is 1. The minimum Gasteiger partial charge on any atom is -0.392 e. The summed E-state index contributed by atoms with van der Waals surface area (Å²) < 4.78 is 25.8. The number of aliphatic hydroxyl groups is 1. The molecule has 0 aliphatic rings. The Labute approximate surface area is 98.5 Å². The second kappa shape index (κ2) is 5.72. The summed E-state index contributed by atoms with van der Waals surface area (Å²) >= 11 is 0. The lowest BCUT2D eigenvalue weighted by Gasteiger charge is -2.14. The maximum absolute atomic E-state index is 13.2. The van der Waals surface area contributed by atoms with Gasteiger partial charge in [0.05, 0.1) is 18.2 Å². The fraction of sp³-hybridized carbons (Fsp3) is 0.417. The molecular formula is C12H15F2NO2. The summed E-state index contributed by atoms with van der Waals surface area (Å²) in [6.07, 6.45) is -0.896. The van der Waals surface area contributed by atoms with Crippen LogP contribution in [0.1, 0.15) is 20.3 Å². The third-order valence-electron chi connectivity index (χ3n) is 2.37. The average Bonchev–Trinajstić information content (AvgIpc) is 2.22. The van der Waals surface area contributed by atoms with E-state index in [-0.39, 0.29) is 18.0 Å². The van der Waals surface area contributed by atoms with E-state index in [1.54, 1.807) is 13.8 Å². The van der Waals surface area contributed by atoms with Crippen LogP contribution in [0.15, 0.2) is 18.2 Å². The first-order chi connectivity index (χ1) is 7.90. The molecule has 0 aromatic heterocycles. The van der Waals surface area contributed by atoms with E-state index in [1.165, 1.54) is 0 Å². The Bertz CT molecular complexity index is 407. The van der Waals surface area contributed by atoms with Gasteiger partial charge in [-0.05, 0) is 18.1 Å². The molecular weight excluding hydrogens is 228 g/mol. The van der Waals surface area contributed by atoms with Crippen molar-refractivity contribution in [2.75, 3.05) is 5.32 Å². The maximum atomic E-state index is 13.2. The summed E-state index contributed by atoms with van der Waals surface area (Å²) in [5, 5.41) is 11.8. The molecule has 1 unspecified atom stereocenters. The zero-order valence-corrected chi connectivity index (χ0v) is 9.71. The summed E-state index contributed by atoms with van der Waals surface area (Å²) in [5.41, 5.74) is -0.0904. The Morgan fingerprint density at radius 3 is 2.59 bits per heavy atom. The highest BCUT2D eigenvalue weighted by atomic mass is 19.1. The minimum atomic E-state index is -0.836. The Morgan fingerprint density at radius 2 is 2.06 bits per heavy atom. The number of nitrogens with one attached hydrogen (secondary N) is 1. The van der Waals surface area contributed by atoms with Gasteiger partial charge in [-0.2, -0.15) is 0 Å². The smallest absolute Gasteiger partial charge is 0.227 e. The van der Waals surface area contributed by atoms with Gasteiger partial charge in [-0.3, -0.25) is 4.79 Å². The average molecular weight is 243 g/mol. The Balaban J connectivity index is 2.62. The molecule has 1 aromatic rings. The van der Waals surface area contributed by atoms with Crippen LogP contribution in [0.4, 0.5) is 14.5 Å². The number of hydrogen-bond donors (Lipinski definition) is 2. The van der Waals surface area contributed by atoms with Gasteiger partial charge in [0.15, 0.2) is 0 Å². The van der Waals surface area contributed by atoms with E-state index in [9.17, 15) is 18.7 Å². The van der Waals surface area contributed by atoms with E-state index >= 15 is 0 Å². The lowest BCUT2D eigenvalue weighted by Crippen LogP contribution is -2.24. The molecule has 1 aromatic carbocycles. The zero-order chi connectivity index (χ0) is 13.0. The number of benzene rings is 1. The van der Waals surface area contributed by atoms with Crippen molar-refractivity contribution in [3.05, 3.63) is 29.8 Å². The lowest BCUT2D eigenvalue weighted by atomic mass is 10.0. The maximum Gasteiger partial charge on any atom is 0.227 e. The molecule has 1 rings (SSSR count). The first-order valence-electron chi connectivity index (χ1n) is 5.33. The van der Waals surface area contributed by atoms with Gasteiger partial charge in [0.2, 0.25) is 5.91 Å². The van der Waals surface area contributed by atoms with Crippen molar-refractivity contribution in [2.24, 2.45) is 5.92 Å². The summed E-state index contributed by atoms with van der Waals surface area (Å²) in [6, 6.07) is 2.89. The van der Waals surface area contributed by atoms with Crippen molar-refractivity contribution < 1.29 is 18.7 Å². The number of rotatable bonds is 4. The molecule has 0 fully saturated rings. The standard InChI is InChI=1S/C12H15F2NO2/c1-7(2)11(16)6-12(17)15-10-4-3-8(13)5-9(10)14/h3-5,7,11,16H,6H2,1-2H3,(H,15,17). The highest BCUT2D eigenvalue weighted by Gasteiger charge is 2.15. The SMILES string of the molecule is CC(C)C(O)CC(=O)Nc1ccc(F)cc1F. The minimum absolute atomic E-state index is 0.0567. The largest absolute Gasteiger partial charge is 0.392 e. The molecule has 0 aliphatic heterocycles. The monoisotopic (exact) mass is 243 g/mol. The number of amides is 1. The summed E-state index contributed by atoms with van der Waals surface area (Å²) in [6.45, 7) is 3.55. The number of aliphatic hydroxyl groups excluding tert-OH is 1. The topological polar surface area (TPSA) is 49.3 Å². The van der Waals surface area contributed by atoms with Gasteiger partial charge < -0.3 is 10.4 Å². The van der Waals surface area contributed by atoms with Gasteiger partial charge in [-0.1, -0.05) is 13.8 Å². The summed E-state index contributed by atoms with van der Waals surface area (Å²) in [5.74, 6) is -2.10. The molecule has 0 aliphatic carbocycles. The van der Waals surface area contributed by atoms with E-state index in [1.807, 2.05) is 0 Å². The Morgan fingerprint density at radius 1 is 1.41 bits per heavy atom. The zero-order valence-electron chi connectivity index (χ0n) is 9.71. The van der Waals surface area contributed by atoms with Crippen LogP contribution in [0, 0.1) is 17.6 Å². The number of carbonyl (C=O) groups excluding carboxylic acids is 1. The van der Waals surface area contributed by atoms with Crippen LogP contribution >= 0.6 is 0 Å². The van der Waals surface area contributed by atoms with Gasteiger partial charge in [-0.15, -0.1) is 0 Å². The second-order valence-electron chi connectivity index (χ2n) is 4.19. The summed E-state index contributed by atoms with van der Waals surface area (Å²) in [7, 11) is 0. The molecule has 3 nitrogen and oxygen atoms in total. The number of carbonyl (C=O) groups is 1. The third kappa shape index (κ3) is 4.11. The van der Waals surface area contributed by atoms with Crippen LogP contribution in [-0.2, 0) is 4.79 Å². The van der Waals surface area contributed by atoms with Crippen LogP contribution in [0.3, 0.4) is 0 Å². The quantitative estimate of drug-likeness (QED) is 0.852. The molecule has 17 heavy (non-hydrogen) atoms. The van der Waals surface area contributed by atoms with Crippen LogP contribution in [-0.4, -0.2) is 17.1 Å². The van der Waals surface area contributed by atoms with Crippen molar-refractivity contribution in [3.8, 4) is 0 Å². The highest BCUT2D eigenvalue weighted by Crippen LogP contribution is 2.16. The molecule has 0 heterocycles. The number of halogens is 2. The van der Waals surface area contributed by atoms with Gasteiger partial charge in [0.25, 0.3) is 0 Å². The Hall–Kier alpha value is -1.49. The molecule has 0 radical (unpaired) electrons. The molecule has 0 spiro atoms. The van der Waals surface area contributed by atoms with E-state index in [0.717, 1.165) is 12.1 Å². The van der Waals surface area contributed by atoms with E-state index in [4.69, 9.17) is 0 Å². The second-order valence-corrected chi connectivity index (χ2v) is 4.19. The van der Waals surface area contributed by atoms with Gasteiger partial charge in [0.1, 0.15) is 11.6 Å². The fourth-order valence-corrected chi connectivity index (χ4v) is 1.22. The molecule has 1 amide bonds. The molecule has 94 valence electrons. The van der Waals surface area contributed by atoms with Gasteiger partial charge in [0, 0.05) is 6.07 Å². The highest BCUT2D eigenvalue weighted by molar-refractivity contribution is 5.91. The van der Waals surface area contributed by atoms with Gasteiger partial charge in [-0.25, -0.2) is 8.78 Å². The van der Waals surface area contributed by atoms with E-state index < -0.39 is 23.6 Å².